The number of halogens is 3. The molecule has 1 atom stereocenters. The van der Waals surface area contributed by atoms with Crippen LogP contribution in [-0.4, -0.2) is 71.4 Å². The van der Waals surface area contributed by atoms with Gasteiger partial charge in [0.25, 0.3) is 0 Å². The maximum Gasteiger partial charge on any atom is 0.490 e. The zero-order chi connectivity index (χ0) is 19.0. The predicted octanol–water partition coefficient (Wildman–Crippen LogP) is 1.99. The number of carboxylic acids is 1. The molecule has 26 heavy (non-hydrogen) atoms. The van der Waals surface area contributed by atoms with E-state index in [-0.39, 0.29) is 0 Å². The molecule has 3 heterocycles. The Kier molecular flexibility index (Phi) is 7.85. The van der Waals surface area contributed by atoms with E-state index in [9.17, 15) is 13.2 Å². The van der Waals surface area contributed by atoms with Crippen LogP contribution in [0.25, 0.3) is 0 Å². The molecular formula is C16H24F3N3O4. The summed E-state index contributed by atoms with van der Waals surface area (Å²) in [4.78, 5) is 11.3. The van der Waals surface area contributed by atoms with Crippen molar-refractivity contribution in [3.05, 3.63) is 17.5 Å². The van der Waals surface area contributed by atoms with Gasteiger partial charge in [-0.1, -0.05) is 0 Å². The highest BCUT2D eigenvalue weighted by Crippen LogP contribution is 2.16. The van der Waals surface area contributed by atoms with Crippen molar-refractivity contribution in [2.45, 2.75) is 44.5 Å². The third kappa shape index (κ3) is 6.93. The number of hydrogen-bond donors (Lipinski definition) is 2. The molecule has 1 unspecified atom stereocenters. The Balaban J connectivity index is 0.000000298. The maximum absolute atomic E-state index is 10.6. The lowest BCUT2D eigenvalue weighted by molar-refractivity contribution is -0.192. The van der Waals surface area contributed by atoms with Gasteiger partial charge in [0, 0.05) is 43.9 Å². The van der Waals surface area contributed by atoms with Crippen molar-refractivity contribution in [2.75, 3.05) is 32.9 Å². The van der Waals surface area contributed by atoms with E-state index in [1.165, 1.54) is 24.1 Å². The Morgan fingerprint density at radius 1 is 1.46 bits per heavy atom. The summed E-state index contributed by atoms with van der Waals surface area (Å²) in [7, 11) is 0. The van der Waals surface area contributed by atoms with Crippen molar-refractivity contribution in [2.24, 2.45) is 0 Å². The molecule has 0 saturated carbocycles. The molecule has 2 aliphatic heterocycles. The molecule has 0 amide bonds. The zero-order valence-corrected chi connectivity index (χ0v) is 14.4. The molecular weight excluding hydrogens is 355 g/mol. The van der Waals surface area contributed by atoms with E-state index in [2.05, 4.69) is 15.1 Å². The lowest BCUT2D eigenvalue weighted by atomic mass is 10.1. The molecule has 0 spiro atoms. The normalized spacial score (nSPS) is 20.8. The Morgan fingerprint density at radius 3 is 2.88 bits per heavy atom. The molecule has 0 radical (unpaired) electrons. The number of hydrogen-bond acceptors (Lipinski definition) is 5. The van der Waals surface area contributed by atoms with E-state index in [1.807, 2.05) is 6.20 Å². The van der Waals surface area contributed by atoms with Crippen molar-refractivity contribution in [1.29, 1.82) is 0 Å². The summed E-state index contributed by atoms with van der Waals surface area (Å²) in [5, 5.41) is 14.3. The summed E-state index contributed by atoms with van der Waals surface area (Å²) < 4.78 is 43.1. The molecule has 1 aromatic heterocycles. The van der Waals surface area contributed by atoms with Crippen LogP contribution >= 0.6 is 0 Å². The maximum atomic E-state index is 10.6. The van der Waals surface area contributed by atoms with Crippen molar-refractivity contribution < 1.29 is 32.5 Å². The summed E-state index contributed by atoms with van der Waals surface area (Å²) >= 11 is 0. The summed E-state index contributed by atoms with van der Waals surface area (Å²) in [5.74, 6) is -2.76. The number of fused-ring (bicyclic) bond motifs is 1. The SMILES string of the molecule is O=C(O)C(F)(F)F.c1n[nH]c2c1CN(CCOCC1CCCCO1)CC2. The Labute approximate surface area is 149 Å². The van der Waals surface area contributed by atoms with Crippen LogP contribution in [0.4, 0.5) is 13.2 Å². The first-order valence-electron chi connectivity index (χ1n) is 8.59. The average Bonchev–Trinajstić information content (AvgIpc) is 3.07. The molecule has 3 rings (SSSR count). The third-order valence-electron chi connectivity index (χ3n) is 4.25. The van der Waals surface area contributed by atoms with Gasteiger partial charge in [0.2, 0.25) is 0 Å². The van der Waals surface area contributed by atoms with Gasteiger partial charge in [-0.05, 0) is 19.3 Å². The van der Waals surface area contributed by atoms with Gasteiger partial charge in [0.05, 0.1) is 25.5 Å². The van der Waals surface area contributed by atoms with Crippen LogP contribution in [0.15, 0.2) is 6.20 Å². The minimum absolute atomic E-state index is 0.329. The molecule has 0 aromatic carbocycles. The van der Waals surface area contributed by atoms with Crippen LogP contribution in [-0.2, 0) is 27.2 Å². The smallest absolute Gasteiger partial charge is 0.475 e. The molecule has 0 aliphatic carbocycles. The standard InChI is InChI=1S/C14H23N3O2.C2HF3O2/c1-2-7-19-13(3-1)11-18-8-6-17-5-4-14-12(10-17)9-15-16-14;3-2(4,5)1(6)7/h9,13H,1-8,10-11H2,(H,15,16);(H,6,7). The zero-order valence-electron chi connectivity index (χ0n) is 14.4. The molecule has 1 fully saturated rings. The molecule has 1 aromatic rings. The van der Waals surface area contributed by atoms with Crippen LogP contribution in [0.2, 0.25) is 0 Å². The largest absolute Gasteiger partial charge is 0.490 e. The van der Waals surface area contributed by atoms with Gasteiger partial charge in [-0.15, -0.1) is 0 Å². The highest BCUT2D eigenvalue weighted by molar-refractivity contribution is 5.73. The molecule has 148 valence electrons. The molecule has 1 saturated heterocycles. The van der Waals surface area contributed by atoms with Gasteiger partial charge in [-0.25, -0.2) is 4.79 Å². The Hall–Kier alpha value is -1.65. The molecule has 7 nitrogen and oxygen atoms in total. The number of alkyl halides is 3. The van der Waals surface area contributed by atoms with Crippen LogP contribution in [0.1, 0.15) is 30.5 Å². The lowest BCUT2D eigenvalue weighted by Crippen LogP contribution is -2.34. The number of aromatic amines is 1. The fraction of sp³-hybridized carbons (Fsp3) is 0.750. The first-order valence-corrected chi connectivity index (χ1v) is 8.59. The average molecular weight is 379 g/mol. The Morgan fingerprint density at radius 2 is 2.23 bits per heavy atom. The van der Waals surface area contributed by atoms with E-state index in [1.54, 1.807) is 0 Å². The Bertz CT molecular complexity index is 559. The quantitative estimate of drug-likeness (QED) is 0.761. The second-order valence-electron chi connectivity index (χ2n) is 6.27. The minimum atomic E-state index is -5.08. The van der Waals surface area contributed by atoms with Gasteiger partial charge in [0.1, 0.15) is 0 Å². The minimum Gasteiger partial charge on any atom is -0.475 e. The number of aliphatic carboxylic acids is 1. The summed E-state index contributed by atoms with van der Waals surface area (Å²) in [6.45, 7) is 5.55. The van der Waals surface area contributed by atoms with E-state index in [0.717, 1.165) is 52.3 Å². The van der Waals surface area contributed by atoms with Crippen molar-refractivity contribution >= 4 is 5.97 Å². The van der Waals surface area contributed by atoms with Gasteiger partial charge < -0.3 is 14.6 Å². The van der Waals surface area contributed by atoms with Crippen molar-refractivity contribution in [3.8, 4) is 0 Å². The molecule has 10 heteroatoms. The number of aromatic nitrogens is 2. The van der Waals surface area contributed by atoms with E-state index < -0.39 is 12.1 Å². The van der Waals surface area contributed by atoms with Gasteiger partial charge in [-0.2, -0.15) is 18.3 Å². The number of carbonyl (C=O) groups is 1. The number of rotatable bonds is 5. The van der Waals surface area contributed by atoms with Gasteiger partial charge in [0.15, 0.2) is 0 Å². The van der Waals surface area contributed by atoms with Gasteiger partial charge >= 0.3 is 12.1 Å². The summed E-state index contributed by atoms with van der Waals surface area (Å²) in [6, 6.07) is 0. The van der Waals surface area contributed by atoms with Crippen LogP contribution in [0.3, 0.4) is 0 Å². The third-order valence-corrected chi connectivity index (χ3v) is 4.25. The summed E-state index contributed by atoms with van der Waals surface area (Å²) in [5.41, 5.74) is 2.63. The van der Waals surface area contributed by atoms with Crippen molar-refractivity contribution in [1.82, 2.24) is 15.1 Å². The molecule has 2 aliphatic rings. The monoisotopic (exact) mass is 379 g/mol. The first-order chi connectivity index (χ1) is 12.4. The molecule has 2 N–H and O–H groups in total. The van der Waals surface area contributed by atoms with E-state index in [0.29, 0.717) is 6.10 Å². The molecule has 0 bridgehead atoms. The second kappa shape index (κ2) is 9.89. The summed E-state index contributed by atoms with van der Waals surface area (Å²) in [6.07, 6.45) is 1.90. The second-order valence-corrected chi connectivity index (χ2v) is 6.27. The fourth-order valence-corrected chi connectivity index (χ4v) is 2.82. The van der Waals surface area contributed by atoms with Crippen LogP contribution in [0.5, 0.6) is 0 Å². The topological polar surface area (TPSA) is 87.7 Å². The first kappa shape index (κ1) is 20.7. The van der Waals surface area contributed by atoms with Gasteiger partial charge in [-0.3, -0.25) is 10.00 Å². The number of nitrogens with zero attached hydrogens (tertiary/aromatic N) is 2. The van der Waals surface area contributed by atoms with Crippen LogP contribution in [0, 0.1) is 0 Å². The number of H-pyrrole nitrogens is 1. The predicted molar refractivity (Wildman–Crippen MR) is 85.7 cm³/mol. The highest BCUT2D eigenvalue weighted by atomic mass is 19.4. The fourth-order valence-electron chi connectivity index (χ4n) is 2.82. The van der Waals surface area contributed by atoms with E-state index >= 15 is 0 Å². The number of nitrogens with one attached hydrogen (secondary N) is 1. The number of carboxylic acid groups (broad SMARTS) is 1. The lowest BCUT2D eigenvalue weighted by Gasteiger charge is -2.27. The van der Waals surface area contributed by atoms with Crippen LogP contribution < -0.4 is 0 Å². The van der Waals surface area contributed by atoms with Crippen molar-refractivity contribution in [3.63, 3.8) is 0 Å². The van der Waals surface area contributed by atoms with E-state index in [4.69, 9.17) is 19.4 Å². The highest BCUT2D eigenvalue weighted by Gasteiger charge is 2.38. The number of ether oxygens (including phenoxy) is 2.